The minimum atomic E-state index is -1.38. The Morgan fingerprint density at radius 2 is 1.75 bits per heavy atom. The molecule has 3 nitrogen and oxygen atoms in total. The zero-order chi connectivity index (χ0) is 25.8. The van der Waals surface area contributed by atoms with Crippen LogP contribution in [-0.2, 0) is 9.53 Å². The molecule has 3 heteroatoms. The molecule has 1 atom stereocenters. The summed E-state index contributed by atoms with van der Waals surface area (Å²) in [6.45, 7) is 7.72. The molecule has 0 aliphatic heterocycles. The number of carbonyl (C=O) groups excluding carboxylic acids is 1. The Hall–Kier alpha value is -2.13. The Balaban J connectivity index is 1.81. The highest BCUT2D eigenvalue weighted by atomic mass is 16.5. The third-order valence-electron chi connectivity index (χ3n) is 8.49. The molecule has 4 aliphatic carbocycles. The SMILES string of the molecule is CCCCCC1(CCCC)C2=CC(C(=O)C(C)(C)O)=CC=C(C2)C2=CC=C(OC3CCCC3)CC=C21. The van der Waals surface area contributed by atoms with E-state index in [1.165, 1.54) is 67.2 Å². The van der Waals surface area contributed by atoms with E-state index in [0.29, 0.717) is 11.7 Å². The van der Waals surface area contributed by atoms with Crippen molar-refractivity contribution in [1.29, 1.82) is 0 Å². The van der Waals surface area contributed by atoms with Crippen LogP contribution in [0.4, 0.5) is 0 Å². The van der Waals surface area contributed by atoms with Crippen molar-refractivity contribution >= 4 is 5.78 Å². The Morgan fingerprint density at radius 3 is 2.44 bits per heavy atom. The monoisotopic (exact) mass is 490 g/mol. The Morgan fingerprint density at radius 1 is 1.03 bits per heavy atom. The largest absolute Gasteiger partial charge is 0.494 e. The van der Waals surface area contributed by atoms with Crippen molar-refractivity contribution in [2.24, 2.45) is 5.41 Å². The van der Waals surface area contributed by atoms with E-state index in [9.17, 15) is 9.90 Å². The minimum Gasteiger partial charge on any atom is -0.494 e. The highest BCUT2D eigenvalue weighted by Gasteiger charge is 2.44. The van der Waals surface area contributed by atoms with E-state index >= 15 is 0 Å². The van der Waals surface area contributed by atoms with Crippen molar-refractivity contribution < 1.29 is 14.6 Å². The summed E-state index contributed by atoms with van der Waals surface area (Å²) in [6.07, 6.45) is 28.2. The lowest BCUT2D eigenvalue weighted by Crippen LogP contribution is -2.34. The molecule has 1 N–H and O–H groups in total. The first-order valence-electron chi connectivity index (χ1n) is 14.5. The van der Waals surface area contributed by atoms with Crippen LogP contribution in [0.2, 0.25) is 0 Å². The topological polar surface area (TPSA) is 46.5 Å². The molecule has 2 fully saturated rings. The molecule has 4 rings (SSSR count). The standard InChI is InChI=1S/C33H46O3/c1-5-7-11-21-33(20-8-6-2)26-22-24(14-15-25(23-26)31(34)32(3,4)35)29-18-16-28(17-19-30(29)33)36-27-12-9-10-13-27/h14-16,18-19,23,27,35H,5-13,17,20-22H2,1-4H3. The van der Waals surface area contributed by atoms with Crippen LogP contribution in [0.15, 0.2) is 70.1 Å². The zero-order valence-corrected chi connectivity index (χ0v) is 23.0. The molecule has 0 aromatic heterocycles. The molecule has 0 heterocycles. The fourth-order valence-electron chi connectivity index (χ4n) is 6.46. The third kappa shape index (κ3) is 5.72. The second-order valence-electron chi connectivity index (χ2n) is 11.8. The van der Waals surface area contributed by atoms with Gasteiger partial charge in [0.15, 0.2) is 5.78 Å². The maximum atomic E-state index is 13.2. The maximum absolute atomic E-state index is 13.2. The van der Waals surface area contributed by atoms with Crippen molar-refractivity contribution in [2.45, 2.75) is 123 Å². The maximum Gasteiger partial charge on any atom is 0.193 e. The molecule has 1 unspecified atom stereocenters. The number of Topliss-reactive ketones (excluding diaryl/α,β-unsaturated/α-hetero) is 1. The fraction of sp³-hybridized carbons (Fsp3) is 0.606. The average Bonchev–Trinajstić information content (AvgIpc) is 3.15. The molecule has 0 saturated heterocycles. The summed E-state index contributed by atoms with van der Waals surface area (Å²) in [4.78, 5) is 13.2. The highest BCUT2D eigenvalue weighted by molar-refractivity contribution is 6.04. The van der Waals surface area contributed by atoms with Crippen molar-refractivity contribution in [1.82, 2.24) is 0 Å². The van der Waals surface area contributed by atoms with Crippen molar-refractivity contribution in [3.8, 4) is 0 Å². The van der Waals surface area contributed by atoms with Gasteiger partial charge in [0.2, 0.25) is 0 Å². The lowest BCUT2D eigenvalue weighted by atomic mass is 9.59. The van der Waals surface area contributed by atoms with Gasteiger partial charge in [0.25, 0.3) is 0 Å². The van der Waals surface area contributed by atoms with E-state index in [1.807, 2.05) is 6.08 Å². The molecule has 0 radical (unpaired) electrons. The smallest absolute Gasteiger partial charge is 0.193 e. The summed E-state index contributed by atoms with van der Waals surface area (Å²) < 4.78 is 6.46. The zero-order valence-electron chi connectivity index (χ0n) is 23.0. The number of aliphatic hydroxyl groups is 1. The molecule has 0 amide bonds. The molecule has 2 saturated carbocycles. The van der Waals surface area contributed by atoms with E-state index in [0.717, 1.165) is 44.3 Å². The fourth-order valence-corrected chi connectivity index (χ4v) is 6.46. The Bertz CT molecular complexity index is 1020. The van der Waals surface area contributed by atoms with Crippen LogP contribution in [0.25, 0.3) is 0 Å². The average molecular weight is 491 g/mol. The van der Waals surface area contributed by atoms with Gasteiger partial charge in [-0.2, -0.15) is 0 Å². The molecular formula is C33H46O3. The second-order valence-corrected chi connectivity index (χ2v) is 11.8. The quantitative estimate of drug-likeness (QED) is 0.296. The van der Waals surface area contributed by atoms with Gasteiger partial charge in [0.1, 0.15) is 11.4 Å². The van der Waals surface area contributed by atoms with Crippen LogP contribution in [0.1, 0.15) is 111 Å². The van der Waals surface area contributed by atoms with E-state index in [2.05, 4.69) is 44.2 Å². The van der Waals surface area contributed by atoms with Gasteiger partial charge < -0.3 is 9.84 Å². The van der Waals surface area contributed by atoms with Gasteiger partial charge in [-0.05, 0) is 81.6 Å². The van der Waals surface area contributed by atoms with Gasteiger partial charge in [-0.1, -0.05) is 81.9 Å². The summed E-state index contributed by atoms with van der Waals surface area (Å²) in [5.41, 5.74) is 4.54. The van der Waals surface area contributed by atoms with Crippen LogP contribution >= 0.6 is 0 Å². The first kappa shape index (κ1) is 26.9. The summed E-state index contributed by atoms with van der Waals surface area (Å²) in [5.74, 6) is 0.886. The van der Waals surface area contributed by atoms with Crippen molar-refractivity contribution in [2.75, 3.05) is 0 Å². The molecule has 0 spiro atoms. The first-order chi connectivity index (χ1) is 17.3. The number of rotatable bonds is 11. The molecule has 0 aromatic rings. The van der Waals surface area contributed by atoms with Gasteiger partial charge in [-0.15, -0.1) is 0 Å². The van der Waals surface area contributed by atoms with E-state index < -0.39 is 5.60 Å². The van der Waals surface area contributed by atoms with Gasteiger partial charge in [-0.3, -0.25) is 4.79 Å². The molecular weight excluding hydrogens is 444 g/mol. The predicted molar refractivity (Wildman–Crippen MR) is 148 cm³/mol. The van der Waals surface area contributed by atoms with Crippen molar-refractivity contribution in [3.63, 3.8) is 0 Å². The lowest BCUT2D eigenvalue weighted by Gasteiger charge is -2.45. The van der Waals surface area contributed by atoms with Gasteiger partial charge >= 0.3 is 0 Å². The first-order valence-corrected chi connectivity index (χ1v) is 14.5. The number of hydrogen-bond donors (Lipinski definition) is 1. The number of unbranched alkanes of at least 4 members (excludes halogenated alkanes) is 3. The Kier molecular flexibility index (Phi) is 8.60. The number of ether oxygens (including phenoxy) is 1. The summed E-state index contributed by atoms with van der Waals surface area (Å²) in [6, 6.07) is 0. The van der Waals surface area contributed by atoms with Gasteiger partial charge in [0, 0.05) is 17.4 Å². The summed E-state index contributed by atoms with van der Waals surface area (Å²) in [5, 5.41) is 10.5. The molecule has 4 aliphatic rings. The van der Waals surface area contributed by atoms with E-state index in [1.54, 1.807) is 13.8 Å². The number of carbonyl (C=O) groups is 1. The number of ketones is 1. The van der Waals surface area contributed by atoms with Crippen LogP contribution < -0.4 is 0 Å². The Labute approximate surface area is 218 Å². The van der Waals surface area contributed by atoms with Crippen LogP contribution in [0.3, 0.4) is 0 Å². The normalized spacial score (nSPS) is 24.4. The van der Waals surface area contributed by atoms with Crippen LogP contribution in [0.5, 0.6) is 0 Å². The van der Waals surface area contributed by atoms with Gasteiger partial charge in [0.05, 0.1) is 6.10 Å². The molecule has 2 bridgehead atoms. The predicted octanol–water partition coefficient (Wildman–Crippen LogP) is 8.38. The highest BCUT2D eigenvalue weighted by Crippen LogP contribution is 2.57. The van der Waals surface area contributed by atoms with E-state index in [-0.39, 0.29) is 11.2 Å². The number of hydrogen-bond acceptors (Lipinski definition) is 3. The number of fused-ring (bicyclic) bond motifs is 4. The summed E-state index contributed by atoms with van der Waals surface area (Å²) >= 11 is 0. The van der Waals surface area contributed by atoms with Crippen molar-refractivity contribution in [3.05, 3.63) is 70.1 Å². The minimum absolute atomic E-state index is 0.0751. The third-order valence-corrected chi connectivity index (χ3v) is 8.49. The summed E-state index contributed by atoms with van der Waals surface area (Å²) in [7, 11) is 0. The van der Waals surface area contributed by atoms with Crippen LogP contribution in [-0.4, -0.2) is 22.6 Å². The lowest BCUT2D eigenvalue weighted by molar-refractivity contribution is -0.129. The number of allylic oxidation sites excluding steroid dienone is 10. The molecule has 196 valence electrons. The van der Waals surface area contributed by atoms with Gasteiger partial charge in [-0.25, -0.2) is 0 Å². The molecule has 0 aromatic carbocycles. The molecule has 36 heavy (non-hydrogen) atoms. The van der Waals surface area contributed by atoms with E-state index in [4.69, 9.17) is 4.74 Å². The second kappa shape index (κ2) is 11.5. The van der Waals surface area contributed by atoms with Crippen LogP contribution in [0, 0.1) is 5.41 Å².